The quantitative estimate of drug-likeness (QED) is 0.558. The lowest BCUT2D eigenvalue weighted by Crippen LogP contribution is -2.29. The summed E-state index contributed by atoms with van der Waals surface area (Å²) in [6.07, 6.45) is 0.595. The van der Waals surface area contributed by atoms with Gasteiger partial charge in [-0.3, -0.25) is 4.79 Å². The lowest BCUT2D eigenvalue weighted by molar-refractivity contribution is 0.0599. The molecule has 7 nitrogen and oxygen atoms in total. The van der Waals surface area contributed by atoms with Crippen LogP contribution in [0.3, 0.4) is 0 Å². The van der Waals surface area contributed by atoms with Crippen LogP contribution >= 0.6 is 0 Å². The summed E-state index contributed by atoms with van der Waals surface area (Å²) in [5, 5.41) is 2.78. The monoisotopic (exact) mass is 360 g/mol. The smallest absolute Gasteiger partial charge is 0.339 e. The third-order valence-corrected chi connectivity index (χ3v) is 4.00. The van der Waals surface area contributed by atoms with Crippen molar-refractivity contribution in [2.24, 2.45) is 0 Å². The van der Waals surface area contributed by atoms with Crippen molar-refractivity contribution in [1.82, 2.24) is 10.3 Å². The zero-order valence-electron chi connectivity index (χ0n) is 15.5. The van der Waals surface area contributed by atoms with Crippen LogP contribution < -0.4 is 14.8 Å². The highest BCUT2D eigenvalue weighted by atomic mass is 16.5. The number of hydrogen-bond acceptors (Lipinski definition) is 5. The maximum absolute atomic E-state index is 12.4. The average molecular weight is 360 g/mol. The third kappa shape index (κ3) is 4.36. The second-order valence-electron chi connectivity index (χ2n) is 5.61. The molecule has 0 bridgehead atoms. The van der Waals surface area contributed by atoms with Gasteiger partial charge in [-0.25, -0.2) is 4.79 Å². The second-order valence-corrected chi connectivity index (χ2v) is 5.61. The van der Waals surface area contributed by atoms with E-state index in [0.29, 0.717) is 53.6 Å². The topological polar surface area (TPSA) is 89.7 Å². The number of aryl methyl sites for hydroxylation is 1. The molecule has 0 radical (unpaired) electrons. The van der Waals surface area contributed by atoms with Gasteiger partial charge in [0, 0.05) is 11.8 Å². The summed E-state index contributed by atoms with van der Waals surface area (Å²) in [7, 11) is 2.91. The van der Waals surface area contributed by atoms with Gasteiger partial charge < -0.3 is 24.5 Å². The molecule has 2 N–H and O–H groups in total. The minimum atomic E-state index is -0.448. The van der Waals surface area contributed by atoms with Crippen LogP contribution in [-0.4, -0.2) is 44.2 Å². The van der Waals surface area contributed by atoms with Gasteiger partial charge in [0.15, 0.2) is 0 Å². The summed E-state index contributed by atoms with van der Waals surface area (Å²) in [5.74, 6) is 0.629. The van der Waals surface area contributed by atoms with Crippen molar-refractivity contribution in [2.75, 3.05) is 27.4 Å². The normalized spacial score (nSPS) is 10.3. The van der Waals surface area contributed by atoms with Crippen LogP contribution in [0, 0.1) is 6.92 Å². The van der Waals surface area contributed by atoms with Crippen molar-refractivity contribution >= 4 is 11.9 Å². The molecule has 1 amide bonds. The SMILES string of the molecule is CCc1[nH]c(C(=O)NCCOc2cccc(OC)c2)c(C)c1C(=O)OC. The molecule has 140 valence electrons. The lowest BCUT2D eigenvalue weighted by Gasteiger charge is -2.09. The van der Waals surface area contributed by atoms with Gasteiger partial charge in [-0.1, -0.05) is 13.0 Å². The van der Waals surface area contributed by atoms with Gasteiger partial charge in [0.25, 0.3) is 5.91 Å². The number of methoxy groups -OCH3 is 2. The van der Waals surface area contributed by atoms with E-state index in [9.17, 15) is 9.59 Å². The molecule has 2 rings (SSSR count). The Morgan fingerprint density at radius 1 is 1.19 bits per heavy atom. The molecule has 7 heteroatoms. The van der Waals surface area contributed by atoms with Crippen LogP contribution in [-0.2, 0) is 11.2 Å². The van der Waals surface area contributed by atoms with E-state index in [4.69, 9.17) is 14.2 Å². The largest absolute Gasteiger partial charge is 0.497 e. The second kappa shape index (κ2) is 8.94. The number of H-pyrrole nitrogens is 1. The first-order valence-corrected chi connectivity index (χ1v) is 8.36. The van der Waals surface area contributed by atoms with Crippen LogP contribution in [0.15, 0.2) is 24.3 Å². The van der Waals surface area contributed by atoms with Gasteiger partial charge in [-0.15, -0.1) is 0 Å². The standard InChI is InChI=1S/C19H24N2O5/c1-5-15-16(19(23)25-4)12(2)17(21-15)18(22)20-9-10-26-14-8-6-7-13(11-14)24-3/h6-8,11,21H,5,9-10H2,1-4H3,(H,20,22). The molecule has 0 unspecified atom stereocenters. The number of nitrogens with one attached hydrogen (secondary N) is 2. The first kappa shape index (κ1) is 19.4. The lowest BCUT2D eigenvalue weighted by atomic mass is 10.1. The molecular weight excluding hydrogens is 336 g/mol. The molecule has 0 atom stereocenters. The number of rotatable bonds is 8. The molecule has 1 aromatic heterocycles. The highest BCUT2D eigenvalue weighted by molar-refractivity contribution is 6.00. The molecule has 1 aromatic carbocycles. The number of benzene rings is 1. The first-order valence-electron chi connectivity index (χ1n) is 8.36. The van der Waals surface area contributed by atoms with Crippen LogP contribution in [0.5, 0.6) is 11.5 Å². The van der Waals surface area contributed by atoms with Gasteiger partial charge in [-0.05, 0) is 31.0 Å². The number of aromatic amines is 1. The predicted octanol–water partition coefficient (Wildman–Crippen LogP) is 2.49. The molecule has 0 spiro atoms. The highest BCUT2D eigenvalue weighted by Crippen LogP contribution is 2.20. The van der Waals surface area contributed by atoms with Gasteiger partial charge in [0.05, 0.1) is 26.3 Å². The number of carbonyl (C=O) groups excluding carboxylic acids is 2. The predicted molar refractivity (Wildman–Crippen MR) is 97.1 cm³/mol. The average Bonchev–Trinajstić information content (AvgIpc) is 3.01. The molecular formula is C19H24N2O5. The number of esters is 1. The Bertz CT molecular complexity index is 782. The summed E-state index contributed by atoms with van der Waals surface area (Å²) in [6, 6.07) is 7.24. The van der Waals surface area contributed by atoms with E-state index in [1.54, 1.807) is 20.1 Å². The Morgan fingerprint density at radius 2 is 1.92 bits per heavy atom. The Balaban J connectivity index is 1.95. The van der Waals surface area contributed by atoms with Crippen LogP contribution in [0.2, 0.25) is 0 Å². The van der Waals surface area contributed by atoms with E-state index in [1.165, 1.54) is 7.11 Å². The fourth-order valence-corrected chi connectivity index (χ4v) is 2.64. The van der Waals surface area contributed by atoms with Gasteiger partial charge >= 0.3 is 5.97 Å². The molecule has 1 heterocycles. The van der Waals surface area contributed by atoms with E-state index in [1.807, 2.05) is 25.1 Å². The maximum Gasteiger partial charge on any atom is 0.339 e. The van der Waals surface area contributed by atoms with E-state index >= 15 is 0 Å². The van der Waals surface area contributed by atoms with Crippen molar-refractivity contribution in [3.8, 4) is 11.5 Å². The van der Waals surface area contributed by atoms with Crippen LogP contribution in [0.4, 0.5) is 0 Å². The highest BCUT2D eigenvalue weighted by Gasteiger charge is 2.23. The molecule has 0 saturated heterocycles. The van der Waals surface area contributed by atoms with Gasteiger partial charge in [0.1, 0.15) is 23.8 Å². The zero-order chi connectivity index (χ0) is 19.1. The molecule has 0 saturated carbocycles. The first-order chi connectivity index (χ1) is 12.5. The minimum absolute atomic E-state index is 0.290. The fraction of sp³-hybridized carbons (Fsp3) is 0.368. The number of hydrogen-bond donors (Lipinski definition) is 2. The van der Waals surface area contributed by atoms with Gasteiger partial charge in [0.2, 0.25) is 0 Å². The summed E-state index contributed by atoms with van der Waals surface area (Å²) in [5.41, 5.74) is 2.06. The van der Waals surface area contributed by atoms with E-state index in [2.05, 4.69) is 10.3 Å². The van der Waals surface area contributed by atoms with Crippen LogP contribution in [0.25, 0.3) is 0 Å². The number of amides is 1. The Morgan fingerprint density at radius 3 is 2.58 bits per heavy atom. The molecule has 0 aliphatic heterocycles. The van der Waals surface area contributed by atoms with Crippen LogP contribution in [0.1, 0.15) is 39.0 Å². The Kier molecular flexibility index (Phi) is 6.66. The van der Waals surface area contributed by atoms with E-state index in [0.717, 1.165) is 0 Å². The minimum Gasteiger partial charge on any atom is -0.497 e. The molecule has 0 aliphatic carbocycles. The summed E-state index contributed by atoms with van der Waals surface area (Å²) >= 11 is 0. The summed E-state index contributed by atoms with van der Waals surface area (Å²) in [6.45, 7) is 4.26. The van der Waals surface area contributed by atoms with Crippen molar-refractivity contribution < 1.29 is 23.8 Å². The molecule has 2 aromatic rings. The Labute approximate surface area is 152 Å². The number of carbonyl (C=O) groups is 2. The maximum atomic E-state index is 12.4. The van der Waals surface area contributed by atoms with Crippen molar-refractivity contribution in [1.29, 1.82) is 0 Å². The van der Waals surface area contributed by atoms with E-state index in [-0.39, 0.29) is 5.91 Å². The van der Waals surface area contributed by atoms with E-state index < -0.39 is 5.97 Å². The van der Waals surface area contributed by atoms with Crippen molar-refractivity contribution in [2.45, 2.75) is 20.3 Å². The molecule has 26 heavy (non-hydrogen) atoms. The zero-order valence-corrected chi connectivity index (χ0v) is 15.5. The van der Waals surface area contributed by atoms with Crippen molar-refractivity contribution in [3.63, 3.8) is 0 Å². The Hall–Kier alpha value is -2.96. The number of ether oxygens (including phenoxy) is 3. The molecule has 0 aliphatic rings. The van der Waals surface area contributed by atoms with Crippen molar-refractivity contribution in [3.05, 3.63) is 46.8 Å². The summed E-state index contributed by atoms with van der Waals surface area (Å²) in [4.78, 5) is 27.3. The number of aromatic nitrogens is 1. The third-order valence-electron chi connectivity index (χ3n) is 4.00. The fourth-order valence-electron chi connectivity index (χ4n) is 2.64. The summed E-state index contributed by atoms with van der Waals surface area (Å²) < 4.78 is 15.5. The molecule has 0 fully saturated rings. The van der Waals surface area contributed by atoms with Gasteiger partial charge in [-0.2, -0.15) is 0 Å².